The Balaban J connectivity index is 2.11. The molecule has 0 saturated carbocycles. The highest BCUT2D eigenvalue weighted by molar-refractivity contribution is 5.23. The van der Waals surface area contributed by atoms with E-state index < -0.39 is 5.69 Å². The number of nitrogens with zero attached hydrogens (tertiary/aromatic N) is 2. The van der Waals surface area contributed by atoms with E-state index in [2.05, 4.69) is 4.98 Å². The SMILES string of the molecule is Nc1ccn(C2CCC(CO)CO2)c(=O)n1. The third-order valence-electron chi connectivity index (χ3n) is 2.77. The molecule has 6 heteroatoms. The first-order valence-corrected chi connectivity index (χ1v) is 5.28. The standard InChI is InChI=1S/C10H15N3O3/c11-8-3-4-13(10(15)12-8)9-2-1-7(5-14)6-16-9/h3-4,7,9,14H,1-2,5-6H2,(H2,11,12,15). The summed E-state index contributed by atoms with van der Waals surface area (Å²) in [7, 11) is 0. The lowest BCUT2D eigenvalue weighted by Crippen LogP contribution is -2.33. The second-order valence-corrected chi connectivity index (χ2v) is 3.96. The average Bonchev–Trinajstić information content (AvgIpc) is 2.29. The van der Waals surface area contributed by atoms with Gasteiger partial charge in [-0.2, -0.15) is 4.98 Å². The van der Waals surface area contributed by atoms with E-state index in [0.717, 1.165) is 6.42 Å². The Bertz CT molecular complexity index is 410. The molecule has 2 atom stereocenters. The molecule has 6 nitrogen and oxygen atoms in total. The van der Waals surface area contributed by atoms with E-state index in [9.17, 15) is 4.79 Å². The quantitative estimate of drug-likeness (QED) is 0.724. The predicted molar refractivity (Wildman–Crippen MR) is 57.7 cm³/mol. The molecule has 0 radical (unpaired) electrons. The molecule has 1 aromatic rings. The van der Waals surface area contributed by atoms with Gasteiger partial charge in [0.25, 0.3) is 0 Å². The monoisotopic (exact) mass is 225 g/mol. The molecule has 3 N–H and O–H groups in total. The largest absolute Gasteiger partial charge is 0.396 e. The van der Waals surface area contributed by atoms with Crippen molar-refractivity contribution in [3.63, 3.8) is 0 Å². The van der Waals surface area contributed by atoms with Crippen molar-refractivity contribution in [3.8, 4) is 0 Å². The van der Waals surface area contributed by atoms with Gasteiger partial charge in [-0.25, -0.2) is 4.79 Å². The molecule has 0 bridgehead atoms. The van der Waals surface area contributed by atoms with Gasteiger partial charge in [0, 0.05) is 18.7 Å². The van der Waals surface area contributed by atoms with Crippen LogP contribution in [-0.2, 0) is 4.74 Å². The zero-order valence-electron chi connectivity index (χ0n) is 8.87. The second-order valence-electron chi connectivity index (χ2n) is 3.96. The van der Waals surface area contributed by atoms with Crippen LogP contribution in [0.3, 0.4) is 0 Å². The Morgan fingerprint density at radius 3 is 3.00 bits per heavy atom. The molecule has 1 aliphatic rings. The van der Waals surface area contributed by atoms with Crippen molar-refractivity contribution in [1.82, 2.24) is 9.55 Å². The van der Waals surface area contributed by atoms with E-state index in [1.54, 1.807) is 12.3 Å². The molecule has 2 heterocycles. The summed E-state index contributed by atoms with van der Waals surface area (Å²) in [5.74, 6) is 0.388. The minimum atomic E-state index is -0.396. The van der Waals surface area contributed by atoms with Crippen LogP contribution in [-0.4, -0.2) is 27.9 Å². The fourth-order valence-electron chi connectivity index (χ4n) is 1.80. The molecule has 2 rings (SSSR count). The van der Waals surface area contributed by atoms with Crippen LogP contribution in [0.1, 0.15) is 19.1 Å². The van der Waals surface area contributed by atoms with Crippen molar-refractivity contribution in [2.75, 3.05) is 18.9 Å². The Kier molecular flexibility index (Phi) is 3.21. The smallest absolute Gasteiger partial charge is 0.351 e. The van der Waals surface area contributed by atoms with Gasteiger partial charge < -0.3 is 15.6 Å². The van der Waals surface area contributed by atoms with Crippen LogP contribution in [0.2, 0.25) is 0 Å². The summed E-state index contributed by atoms with van der Waals surface area (Å²) in [6, 6.07) is 1.57. The molecule has 1 aromatic heterocycles. The second kappa shape index (κ2) is 4.63. The molecule has 1 fully saturated rings. The van der Waals surface area contributed by atoms with E-state index in [0.29, 0.717) is 13.0 Å². The fourth-order valence-corrected chi connectivity index (χ4v) is 1.80. The zero-order valence-corrected chi connectivity index (χ0v) is 8.87. The summed E-state index contributed by atoms with van der Waals surface area (Å²) in [6.45, 7) is 0.597. The van der Waals surface area contributed by atoms with Crippen molar-refractivity contribution >= 4 is 5.82 Å². The van der Waals surface area contributed by atoms with Gasteiger partial charge in [-0.1, -0.05) is 0 Å². The number of hydrogen-bond acceptors (Lipinski definition) is 5. The average molecular weight is 225 g/mol. The molecular weight excluding hydrogens is 210 g/mol. The highest BCUT2D eigenvalue weighted by atomic mass is 16.5. The maximum atomic E-state index is 11.5. The first-order valence-electron chi connectivity index (χ1n) is 5.28. The molecule has 2 unspecified atom stereocenters. The first kappa shape index (κ1) is 11.1. The van der Waals surface area contributed by atoms with Crippen molar-refractivity contribution in [3.05, 3.63) is 22.7 Å². The van der Waals surface area contributed by atoms with Gasteiger partial charge in [0.2, 0.25) is 0 Å². The highest BCUT2D eigenvalue weighted by Gasteiger charge is 2.23. The number of rotatable bonds is 2. The van der Waals surface area contributed by atoms with Crippen LogP contribution in [0, 0.1) is 5.92 Å². The number of aliphatic hydroxyl groups is 1. The number of nitrogens with two attached hydrogens (primary N) is 1. The van der Waals surface area contributed by atoms with Crippen LogP contribution < -0.4 is 11.4 Å². The van der Waals surface area contributed by atoms with Crippen LogP contribution in [0.4, 0.5) is 5.82 Å². The minimum absolute atomic E-state index is 0.127. The number of aliphatic hydroxyl groups excluding tert-OH is 1. The fraction of sp³-hybridized carbons (Fsp3) is 0.600. The van der Waals surface area contributed by atoms with Crippen LogP contribution in [0.5, 0.6) is 0 Å². The third kappa shape index (κ3) is 2.23. The van der Waals surface area contributed by atoms with Crippen LogP contribution >= 0.6 is 0 Å². The van der Waals surface area contributed by atoms with Gasteiger partial charge in [0.05, 0.1) is 6.61 Å². The number of hydrogen-bond donors (Lipinski definition) is 2. The van der Waals surface area contributed by atoms with Crippen molar-refractivity contribution in [1.29, 1.82) is 0 Å². The van der Waals surface area contributed by atoms with Crippen molar-refractivity contribution in [2.45, 2.75) is 19.1 Å². The third-order valence-corrected chi connectivity index (χ3v) is 2.77. The number of nitrogen functional groups attached to an aromatic ring is 1. The minimum Gasteiger partial charge on any atom is -0.396 e. The Hall–Kier alpha value is -1.40. The summed E-state index contributed by atoms with van der Waals surface area (Å²) >= 11 is 0. The van der Waals surface area contributed by atoms with Gasteiger partial charge in [0.1, 0.15) is 12.0 Å². The van der Waals surface area contributed by atoms with E-state index in [1.165, 1.54) is 4.57 Å². The van der Waals surface area contributed by atoms with Gasteiger partial charge >= 0.3 is 5.69 Å². The highest BCUT2D eigenvalue weighted by Crippen LogP contribution is 2.24. The summed E-state index contributed by atoms with van der Waals surface area (Å²) in [6.07, 6.45) is 2.85. The van der Waals surface area contributed by atoms with Gasteiger partial charge in [0.15, 0.2) is 0 Å². The zero-order chi connectivity index (χ0) is 11.5. The summed E-state index contributed by atoms with van der Waals surface area (Å²) < 4.78 is 6.94. The van der Waals surface area contributed by atoms with Crippen LogP contribution in [0.25, 0.3) is 0 Å². The normalized spacial score (nSPS) is 25.6. The number of ether oxygens (including phenoxy) is 1. The Labute approximate surface area is 92.7 Å². The molecule has 1 saturated heterocycles. The lowest BCUT2D eigenvalue weighted by molar-refractivity contribution is -0.0708. The predicted octanol–water partition coefficient (Wildman–Crippen LogP) is -0.257. The topological polar surface area (TPSA) is 90.4 Å². The molecule has 0 aliphatic carbocycles. The lowest BCUT2D eigenvalue weighted by Gasteiger charge is -2.28. The summed E-state index contributed by atoms with van der Waals surface area (Å²) in [5, 5.41) is 8.96. The first-order chi connectivity index (χ1) is 7.70. The lowest BCUT2D eigenvalue weighted by atomic mass is 10.0. The molecule has 0 aromatic carbocycles. The van der Waals surface area contributed by atoms with E-state index in [1.807, 2.05) is 0 Å². The van der Waals surface area contributed by atoms with E-state index >= 15 is 0 Å². The maximum Gasteiger partial charge on any atom is 0.351 e. The molecule has 0 spiro atoms. The van der Waals surface area contributed by atoms with Gasteiger partial charge in [-0.15, -0.1) is 0 Å². The number of aromatic nitrogens is 2. The van der Waals surface area contributed by atoms with Crippen LogP contribution in [0.15, 0.2) is 17.1 Å². The number of anilines is 1. The van der Waals surface area contributed by atoms with Gasteiger partial charge in [-0.05, 0) is 18.9 Å². The van der Waals surface area contributed by atoms with E-state index in [-0.39, 0.29) is 24.6 Å². The summed E-state index contributed by atoms with van der Waals surface area (Å²) in [5.41, 5.74) is 5.01. The molecular formula is C10H15N3O3. The van der Waals surface area contributed by atoms with Gasteiger partial charge in [-0.3, -0.25) is 4.57 Å². The Morgan fingerprint density at radius 2 is 2.44 bits per heavy atom. The Morgan fingerprint density at radius 1 is 1.62 bits per heavy atom. The molecule has 1 aliphatic heterocycles. The summed E-state index contributed by atoms with van der Waals surface area (Å²) in [4.78, 5) is 15.2. The van der Waals surface area contributed by atoms with Crippen molar-refractivity contribution < 1.29 is 9.84 Å². The molecule has 88 valence electrons. The molecule has 16 heavy (non-hydrogen) atoms. The molecule has 0 amide bonds. The van der Waals surface area contributed by atoms with E-state index in [4.69, 9.17) is 15.6 Å². The maximum absolute atomic E-state index is 11.5. The van der Waals surface area contributed by atoms with Crippen molar-refractivity contribution in [2.24, 2.45) is 5.92 Å².